The van der Waals surface area contributed by atoms with Gasteiger partial charge in [0.05, 0.1) is 51.5 Å². The Morgan fingerprint density at radius 2 is 0.716 bits per heavy atom. The molecule has 0 unspecified atom stereocenters. The minimum absolute atomic E-state index is 0. The number of nitrogen functional groups attached to an aromatic ring is 2. The first-order chi connectivity index (χ1) is 31.0. The maximum Gasteiger partial charge on any atom is 1.00 e. The minimum Gasteiger partial charge on any atom is -0.744 e. The summed E-state index contributed by atoms with van der Waals surface area (Å²) in [5.74, 6) is -2.12. The fourth-order valence-electron chi connectivity index (χ4n) is 6.09. The maximum absolute atomic E-state index is 13.0. The monoisotopic (exact) mass is 1190 g/mol. The van der Waals surface area contributed by atoms with E-state index in [9.17, 15) is 92.8 Å². The number of benzene rings is 6. The van der Waals surface area contributed by atoms with Crippen molar-refractivity contribution in [2.45, 2.75) is 29.4 Å². The molecule has 0 fully saturated rings. The molecule has 74 heavy (non-hydrogen) atoms. The van der Waals surface area contributed by atoms with Crippen LogP contribution in [0, 0.1) is 0 Å². The van der Waals surface area contributed by atoms with Crippen molar-refractivity contribution in [2.75, 3.05) is 22.1 Å². The van der Waals surface area contributed by atoms with Crippen LogP contribution >= 0.6 is 0 Å². The minimum atomic E-state index is -5.58. The second-order valence-electron chi connectivity index (χ2n) is 13.4. The predicted octanol–water partition coefficient (Wildman–Crippen LogP) is -15.5. The number of nitrogens with two attached hydrogens (primary N) is 2. The first kappa shape index (κ1) is 73.0. The van der Waals surface area contributed by atoms with Crippen LogP contribution in [0.15, 0.2) is 123 Å². The standard InChI is InChI=1S/C33H26N8O21S6.6Na/c34-29-25(67(57,58)59)7-13-5-17(63(45,46)47)11-21(42)27(13)31(29)40-38-19-3-1-15(9-23(19)65(51,52)53)36-33(44)37-16-2-4-20(24(10-16)66(54,55)56)39-41-32-28-14(8-26(30(32)35)68(60,61)62)6-18(12-22(28)43)64(48,49)50;;;;;;/h1-12,42-43H,34-35H2,(H2,36,37,44)(H,45,46,47)(H,48,49,50)(H,51,52,53)(H,54,55,56)(H,57,58,59)(H,60,61,62);;;;;;/q;6*+1/p-6. The van der Waals surface area contributed by atoms with Crippen molar-refractivity contribution in [2.24, 2.45) is 20.5 Å². The van der Waals surface area contributed by atoms with Crippen LogP contribution in [0.1, 0.15) is 0 Å². The molecule has 6 rings (SSSR count). The van der Waals surface area contributed by atoms with Gasteiger partial charge in [0.1, 0.15) is 95.0 Å². The van der Waals surface area contributed by atoms with E-state index in [0.717, 1.165) is 24.3 Å². The molecule has 0 heterocycles. The van der Waals surface area contributed by atoms with Gasteiger partial charge in [0.15, 0.2) is 0 Å². The first-order valence-electron chi connectivity index (χ1n) is 17.2. The van der Waals surface area contributed by atoms with Crippen LogP contribution in [0.3, 0.4) is 0 Å². The van der Waals surface area contributed by atoms with Crippen molar-refractivity contribution in [1.29, 1.82) is 0 Å². The molecule has 0 aliphatic heterocycles. The summed E-state index contributed by atoms with van der Waals surface area (Å²) in [5, 5.41) is 37.2. The van der Waals surface area contributed by atoms with Gasteiger partial charge in [-0.2, -0.15) is 0 Å². The van der Waals surface area contributed by atoms with Crippen LogP contribution in [-0.2, 0) is 60.7 Å². The summed E-state index contributed by atoms with van der Waals surface area (Å²) in [6.07, 6.45) is 0. The van der Waals surface area contributed by atoms with Crippen LogP contribution < -0.4 is 199 Å². The zero-order valence-corrected chi connectivity index (χ0v) is 55.4. The third-order valence-corrected chi connectivity index (χ3v) is 14.0. The van der Waals surface area contributed by atoms with E-state index in [2.05, 4.69) is 31.1 Å². The second kappa shape index (κ2) is 27.0. The van der Waals surface area contributed by atoms with Gasteiger partial charge < -0.3 is 59.6 Å². The predicted molar refractivity (Wildman–Crippen MR) is 222 cm³/mol. The summed E-state index contributed by atoms with van der Waals surface area (Å²) in [7, 11) is -32.7. The number of hydrogen-bond acceptors (Lipinski definition) is 27. The molecule has 0 saturated heterocycles. The Morgan fingerprint density at radius 3 is 0.986 bits per heavy atom. The van der Waals surface area contributed by atoms with E-state index in [4.69, 9.17) is 11.5 Å². The fourth-order valence-corrected chi connectivity index (χ4v) is 9.69. The van der Waals surface area contributed by atoms with Crippen molar-refractivity contribution >= 4 is 134 Å². The van der Waals surface area contributed by atoms with Gasteiger partial charge in [-0.15, -0.1) is 20.5 Å². The van der Waals surface area contributed by atoms with E-state index in [-0.39, 0.29) is 177 Å². The number of nitrogens with zero attached hydrogens (tertiary/aromatic N) is 4. The van der Waals surface area contributed by atoms with E-state index < -0.39 is 175 Å². The van der Waals surface area contributed by atoms with Gasteiger partial charge in [0.25, 0.3) is 0 Å². The Kier molecular flexibility index (Phi) is 26.6. The Labute approximate surface area is 551 Å². The summed E-state index contributed by atoms with van der Waals surface area (Å²) in [6.45, 7) is 0. The smallest absolute Gasteiger partial charge is 0.744 e. The zero-order chi connectivity index (χ0) is 50.9. The van der Waals surface area contributed by atoms with Crippen LogP contribution in [-0.4, -0.2) is 94.1 Å². The van der Waals surface area contributed by atoms with Gasteiger partial charge in [0.2, 0.25) is 0 Å². The van der Waals surface area contributed by atoms with Crippen LogP contribution in [0.5, 0.6) is 11.5 Å². The molecular weight excluding hydrogens is 1170 g/mol. The maximum atomic E-state index is 13.0. The molecule has 0 aliphatic carbocycles. The number of anilines is 4. The molecule has 29 nitrogen and oxygen atoms in total. The van der Waals surface area contributed by atoms with Crippen molar-refractivity contribution in [3.8, 4) is 11.5 Å². The zero-order valence-electron chi connectivity index (χ0n) is 38.5. The topological polar surface area (TPSA) is 526 Å². The molecule has 0 saturated carbocycles. The average Bonchev–Trinajstić information content (AvgIpc) is 3.18. The number of hydrogen-bond donors (Lipinski definition) is 6. The molecule has 41 heteroatoms. The van der Waals surface area contributed by atoms with Gasteiger partial charge in [-0.25, -0.2) is 55.3 Å². The number of rotatable bonds is 12. The number of carbonyl (C=O) groups is 1. The molecular formula is C33H20N8Na6O21S6. The molecule has 8 N–H and O–H groups in total. The van der Waals surface area contributed by atoms with Gasteiger partial charge in [-0.3, -0.25) is 0 Å². The number of aromatic hydroxyl groups is 2. The number of nitrogens with one attached hydrogen (secondary N) is 2. The van der Waals surface area contributed by atoms with Crippen molar-refractivity contribution in [3.05, 3.63) is 72.8 Å². The summed E-state index contributed by atoms with van der Waals surface area (Å²) >= 11 is 0. The molecule has 6 aromatic carbocycles. The summed E-state index contributed by atoms with van der Waals surface area (Å²) < 4.78 is 215. The first-order valence-corrected chi connectivity index (χ1v) is 25.6. The average molecular weight is 1190 g/mol. The molecule has 360 valence electrons. The third kappa shape index (κ3) is 17.0. The third-order valence-electron chi connectivity index (χ3n) is 8.94. The quantitative estimate of drug-likeness (QED) is 0.0287. The Hall–Kier alpha value is -1.03. The Bertz CT molecular complexity index is 3750. The van der Waals surface area contributed by atoms with Crippen LogP contribution in [0.4, 0.5) is 50.3 Å². The molecule has 0 aliphatic rings. The SMILES string of the molecule is Nc1c(S(=O)(=O)[O-])cc2cc(S(=O)(=O)[O-])cc(O)c2c1N=Nc1ccc(NC(=O)Nc2ccc(N=Nc3c(N)c(S(=O)(=O)[O-])cc4cc(S(=O)(=O)[O-])cc(O)c34)c(S(=O)(=O)[O-])c2)cc1S(=O)(=O)[O-].[Na+].[Na+].[Na+].[Na+].[Na+].[Na+]. The summed E-state index contributed by atoms with van der Waals surface area (Å²) in [5.41, 5.74) is 5.12. The summed E-state index contributed by atoms with van der Waals surface area (Å²) in [6, 6.07) is 5.92. The number of phenols is 2. The normalized spacial score (nSPS) is 12.1. The number of amides is 2. The van der Waals surface area contributed by atoms with Crippen molar-refractivity contribution in [1.82, 2.24) is 0 Å². The molecule has 0 atom stereocenters. The molecule has 2 amide bonds. The molecule has 0 radical (unpaired) electrons. The van der Waals surface area contributed by atoms with Crippen LogP contribution in [0.25, 0.3) is 21.5 Å². The summed E-state index contributed by atoms with van der Waals surface area (Å²) in [4.78, 5) is 5.82. The largest absolute Gasteiger partial charge is 1.00 e. The molecule has 0 spiro atoms. The van der Waals surface area contributed by atoms with Gasteiger partial charge in [-0.1, -0.05) is 0 Å². The molecule has 0 aromatic heterocycles. The Morgan fingerprint density at radius 1 is 0.419 bits per heavy atom. The van der Waals surface area contributed by atoms with Crippen LogP contribution in [0.2, 0.25) is 0 Å². The van der Waals surface area contributed by atoms with Crippen molar-refractivity contribution in [3.63, 3.8) is 0 Å². The van der Waals surface area contributed by atoms with E-state index in [1.807, 2.05) is 0 Å². The number of urea groups is 1. The van der Waals surface area contributed by atoms with E-state index >= 15 is 0 Å². The number of phenolic OH excluding ortho intramolecular Hbond substituents is 2. The van der Waals surface area contributed by atoms with Gasteiger partial charge in [0, 0.05) is 11.4 Å². The second-order valence-corrected chi connectivity index (χ2v) is 21.6. The molecule has 0 bridgehead atoms. The van der Waals surface area contributed by atoms with Gasteiger partial charge >= 0.3 is 183 Å². The van der Waals surface area contributed by atoms with E-state index in [0.29, 0.717) is 48.5 Å². The number of fused-ring (bicyclic) bond motifs is 2. The number of azo groups is 2. The van der Waals surface area contributed by atoms with E-state index in [1.165, 1.54) is 0 Å². The Balaban J connectivity index is 0.00000888. The number of carbonyl (C=O) groups excluding carboxylic acids is 1. The van der Waals surface area contributed by atoms with E-state index in [1.54, 1.807) is 0 Å². The van der Waals surface area contributed by atoms with Crippen molar-refractivity contribution < 1.29 is 270 Å². The molecule has 6 aromatic rings. The fraction of sp³-hybridized carbons (Fsp3) is 0. The van der Waals surface area contributed by atoms with Gasteiger partial charge in [-0.05, 0) is 83.6 Å².